The van der Waals surface area contributed by atoms with Crippen molar-refractivity contribution in [3.8, 4) is 0 Å². The number of rotatable bonds is 9. The number of nitrogens with zero attached hydrogens (tertiary/aromatic N) is 1. The van der Waals surface area contributed by atoms with Crippen LogP contribution in [0.4, 0.5) is 0 Å². The fourth-order valence-corrected chi connectivity index (χ4v) is 2.31. The van der Waals surface area contributed by atoms with Gasteiger partial charge in [0.1, 0.15) is 6.54 Å². The molecule has 0 fully saturated rings. The van der Waals surface area contributed by atoms with Crippen molar-refractivity contribution in [1.82, 2.24) is 16.0 Å². The second-order valence-electron chi connectivity index (χ2n) is 6.08. The summed E-state index contributed by atoms with van der Waals surface area (Å²) in [4.78, 5) is 15.8. The van der Waals surface area contributed by atoms with Crippen molar-refractivity contribution in [2.24, 2.45) is 4.99 Å². The molecule has 1 rings (SSSR count). The van der Waals surface area contributed by atoms with Crippen LogP contribution in [0.3, 0.4) is 0 Å². The summed E-state index contributed by atoms with van der Waals surface area (Å²) in [5.74, 6) is 1.21. The molecular formula is C19H32N4O. The molecular weight excluding hydrogens is 300 g/mol. The summed E-state index contributed by atoms with van der Waals surface area (Å²) < 4.78 is 0. The highest BCUT2D eigenvalue weighted by molar-refractivity contribution is 5.84. The van der Waals surface area contributed by atoms with Gasteiger partial charge in [0.2, 0.25) is 5.91 Å². The van der Waals surface area contributed by atoms with Gasteiger partial charge in [-0.3, -0.25) is 4.79 Å². The standard InChI is InChI=1S/C19H32N4O/c1-5-20-18(24)14-23-19(21-6-2)22-13-7-8-16-9-11-17(12-10-16)15(3)4/h9-12,15H,5-8,13-14H2,1-4H3,(H,20,24)(H2,21,22,23). The molecule has 0 atom stereocenters. The fourth-order valence-electron chi connectivity index (χ4n) is 2.31. The van der Waals surface area contributed by atoms with Crippen LogP contribution in [0.2, 0.25) is 0 Å². The first-order chi connectivity index (χ1) is 11.6. The number of likely N-dealkylation sites (N-methyl/N-ethyl adjacent to an activating group) is 1. The Labute approximate surface area is 146 Å². The van der Waals surface area contributed by atoms with Crippen LogP contribution in [0.5, 0.6) is 0 Å². The molecule has 0 aliphatic carbocycles. The number of nitrogens with one attached hydrogen (secondary N) is 3. The highest BCUT2D eigenvalue weighted by atomic mass is 16.1. The third-order valence-corrected chi connectivity index (χ3v) is 3.68. The number of aryl methyl sites for hydroxylation is 1. The van der Waals surface area contributed by atoms with Gasteiger partial charge in [0.15, 0.2) is 5.96 Å². The Hall–Kier alpha value is -2.04. The third-order valence-electron chi connectivity index (χ3n) is 3.68. The van der Waals surface area contributed by atoms with Crippen LogP contribution in [0.15, 0.2) is 29.3 Å². The molecule has 134 valence electrons. The van der Waals surface area contributed by atoms with E-state index in [1.54, 1.807) is 0 Å². The Morgan fingerprint density at radius 2 is 1.71 bits per heavy atom. The van der Waals surface area contributed by atoms with Crippen LogP contribution in [0.1, 0.15) is 51.2 Å². The molecule has 24 heavy (non-hydrogen) atoms. The Kier molecular flexibility index (Phi) is 9.58. The molecule has 0 aliphatic heterocycles. The van der Waals surface area contributed by atoms with Crippen LogP contribution in [0.25, 0.3) is 0 Å². The van der Waals surface area contributed by atoms with E-state index in [4.69, 9.17) is 0 Å². The number of hydrogen-bond donors (Lipinski definition) is 3. The molecule has 0 unspecified atom stereocenters. The molecule has 1 aromatic carbocycles. The third kappa shape index (κ3) is 7.99. The van der Waals surface area contributed by atoms with Crippen molar-refractivity contribution in [2.75, 3.05) is 26.2 Å². The molecule has 0 saturated heterocycles. The molecule has 0 saturated carbocycles. The average Bonchev–Trinajstić information content (AvgIpc) is 2.57. The van der Waals surface area contributed by atoms with Gasteiger partial charge in [-0.05, 0) is 43.7 Å². The zero-order valence-electron chi connectivity index (χ0n) is 15.5. The normalized spacial score (nSPS) is 11.5. The van der Waals surface area contributed by atoms with E-state index in [9.17, 15) is 4.79 Å². The lowest BCUT2D eigenvalue weighted by Gasteiger charge is -2.11. The molecule has 0 bridgehead atoms. The molecule has 5 nitrogen and oxygen atoms in total. The topological polar surface area (TPSA) is 65.5 Å². The summed E-state index contributed by atoms with van der Waals surface area (Å²) in [6.45, 7) is 10.7. The van der Waals surface area contributed by atoms with Crippen molar-refractivity contribution in [1.29, 1.82) is 0 Å². The lowest BCUT2D eigenvalue weighted by molar-refractivity contribution is -0.119. The highest BCUT2D eigenvalue weighted by Crippen LogP contribution is 2.15. The molecule has 0 spiro atoms. The zero-order valence-corrected chi connectivity index (χ0v) is 15.5. The van der Waals surface area contributed by atoms with Gasteiger partial charge in [-0.2, -0.15) is 0 Å². The van der Waals surface area contributed by atoms with Gasteiger partial charge in [0.25, 0.3) is 0 Å². The Bertz CT molecular complexity index is 509. The maximum Gasteiger partial charge on any atom is 0.241 e. The molecule has 0 radical (unpaired) electrons. The van der Waals surface area contributed by atoms with Gasteiger partial charge in [-0.25, -0.2) is 4.99 Å². The monoisotopic (exact) mass is 332 g/mol. The minimum Gasteiger partial charge on any atom is -0.357 e. The summed E-state index contributed by atoms with van der Waals surface area (Å²) >= 11 is 0. The zero-order chi connectivity index (χ0) is 17.8. The van der Waals surface area contributed by atoms with E-state index >= 15 is 0 Å². The van der Waals surface area contributed by atoms with Crippen LogP contribution in [0, 0.1) is 0 Å². The van der Waals surface area contributed by atoms with Crippen molar-refractivity contribution in [3.63, 3.8) is 0 Å². The Balaban J connectivity index is 2.36. The second-order valence-corrected chi connectivity index (χ2v) is 6.08. The number of carbonyl (C=O) groups excluding carboxylic acids is 1. The maximum atomic E-state index is 11.5. The van der Waals surface area contributed by atoms with Crippen molar-refractivity contribution in [3.05, 3.63) is 35.4 Å². The summed E-state index contributed by atoms with van der Waals surface area (Å²) in [5.41, 5.74) is 2.73. The Morgan fingerprint density at radius 3 is 2.29 bits per heavy atom. The van der Waals surface area contributed by atoms with Crippen molar-refractivity contribution < 1.29 is 4.79 Å². The summed E-state index contributed by atoms with van der Waals surface area (Å²) in [6.07, 6.45) is 2.05. The summed E-state index contributed by atoms with van der Waals surface area (Å²) in [7, 11) is 0. The lowest BCUT2D eigenvalue weighted by atomic mass is 10.0. The predicted octanol–water partition coefficient (Wildman–Crippen LogP) is 2.43. The molecule has 1 aromatic rings. The molecule has 0 heterocycles. The molecule has 5 heteroatoms. The van der Waals surface area contributed by atoms with Crippen molar-refractivity contribution in [2.45, 2.75) is 46.5 Å². The quantitative estimate of drug-likeness (QED) is 0.370. The largest absolute Gasteiger partial charge is 0.357 e. The molecule has 1 amide bonds. The SMILES string of the molecule is CCNC(=O)CN=C(NCC)NCCCc1ccc(C(C)C)cc1. The molecule has 0 aliphatic rings. The van der Waals surface area contributed by atoms with E-state index in [1.807, 2.05) is 13.8 Å². The molecule has 3 N–H and O–H groups in total. The van der Waals surface area contributed by atoms with Crippen LogP contribution < -0.4 is 16.0 Å². The van der Waals surface area contributed by atoms with Crippen LogP contribution in [-0.4, -0.2) is 38.0 Å². The summed E-state index contributed by atoms with van der Waals surface area (Å²) in [6, 6.07) is 8.85. The van der Waals surface area contributed by atoms with Gasteiger partial charge in [0, 0.05) is 19.6 Å². The number of guanidine groups is 1. The van der Waals surface area contributed by atoms with Gasteiger partial charge in [0.05, 0.1) is 0 Å². The second kappa shape index (κ2) is 11.5. The fraction of sp³-hybridized carbons (Fsp3) is 0.579. The first kappa shape index (κ1) is 20.0. The van der Waals surface area contributed by atoms with Gasteiger partial charge in [-0.1, -0.05) is 38.1 Å². The highest BCUT2D eigenvalue weighted by Gasteiger charge is 2.02. The van der Waals surface area contributed by atoms with Crippen molar-refractivity contribution >= 4 is 11.9 Å². The van der Waals surface area contributed by atoms with E-state index in [-0.39, 0.29) is 12.5 Å². The minimum atomic E-state index is -0.0556. The van der Waals surface area contributed by atoms with Crippen LogP contribution >= 0.6 is 0 Å². The molecule has 0 aromatic heterocycles. The first-order valence-corrected chi connectivity index (χ1v) is 8.94. The number of aliphatic imine (C=N–C) groups is 1. The van der Waals surface area contributed by atoms with E-state index in [1.165, 1.54) is 11.1 Å². The van der Waals surface area contributed by atoms with E-state index in [0.29, 0.717) is 18.4 Å². The first-order valence-electron chi connectivity index (χ1n) is 8.94. The van der Waals surface area contributed by atoms with Gasteiger partial charge >= 0.3 is 0 Å². The van der Waals surface area contributed by atoms with E-state index in [2.05, 4.69) is 59.1 Å². The van der Waals surface area contributed by atoms with E-state index in [0.717, 1.165) is 25.9 Å². The average molecular weight is 332 g/mol. The van der Waals surface area contributed by atoms with Crippen LogP contribution in [-0.2, 0) is 11.2 Å². The smallest absolute Gasteiger partial charge is 0.241 e. The minimum absolute atomic E-state index is 0.0556. The number of amides is 1. The number of carbonyl (C=O) groups is 1. The maximum absolute atomic E-state index is 11.5. The Morgan fingerprint density at radius 1 is 1.04 bits per heavy atom. The van der Waals surface area contributed by atoms with E-state index < -0.39 is 0 Å². The van der Waals surface area contributed by atoms with Gasteiger partial charge in [-0.15, -0.1) is 0 Å². The number of hydrogen-bond acceptors (Lipinski definition) is 2. The predicted molar refractivity (Wildman–Crippen MR) is 102 cm³/mol. The van der Waals surface area contributed by atoms with Gasteiger partial charge < -0.3 is 16.0 Å². The summed E-state index contributed by atoms with van der Waals surface area (Å²) in [5, 5.41) is 9.18. The number of benzene rings is 1. The lowest BCUT2D eigenvalue weighted by Crippen LogP contribution is -2.39.